The summed E-state index contributed by atoms with van der Waals surface area (Å²) < 4.78 is 78.9. The summed E-state index contributed by atoms with van der Waals surface area (Å²) in [5.74, 6) is -2.60. The monoisotopic (exact) mass is 268 g/mol. The number of rotatable bonds is 4. The maximum Gasteiger partial charge on any atom is 0.451 e. The van der Waals surface area contributed by atoms with Crippen molar-refractivity contribution in [2.24, 2.45) is 0 Å². The first-order valence-electron chi connectivity index (χ1n) is 3.77. The smallest absolute Gasteiger partial charge is 0.451 e. The van der Waals surface area contributed by atoms with Gasteiger partial charge in [-0.1, -0.05) is 0 Å². The van der Waals surface area contributed by atoms with Crippen LogP contribution in [0.1, 0.15) is 6.92 Å². The van der Waals surface area contributed by atoms with E-state index in [-0.39, 0.29) is 0 Å². The maximum absolute atomic E-state index is 13.3. The second kappa shape index (κ2) is 4.53. The van der Waals surface area contributed by atoms with Crippen LogP contribution in [-0.2, 0) is 23.8 Å². The predicted octanol–water partition coefficient (Wildman–Crippen LogP) is 0.754. The maximum atomic E-state index is 13.3. The van der Waals surface area contributed by atoms with Gasteiger partial charge in [-0.15, -0.1) is 0 Å². The minimum absolute atomic E-state index is 0.421. The van der Waals surface area contributed by atoms with Crippen LogP contribution in [0.25, 0.3) is 0 Å². The lowest BCUT2D eigenvalue weighted by Crippen LogP contribution is -2.55. The van der Waals surface area contributed by atoms with Gasteiger partial charge in [-0.25, -0.2) is 9.18 Å². The van der Waals surface area contributed by atoms with Crippen molar-refractivity contribution in [3.63, 3.8) is 0 Å². The van der Waals surface area contributed by atoms with Crippen molar-refractivity contribution in [1.29, 1.82) is 0 Å². The summed E-state index contributed by atoms with van der Waals surface area (Å²) in [6, 6.07) is 0. The molecule has 0 N–H and O–H groups in total. The van der Waals surface area contributed by atoms with Gasteiger partial charge in [-0.3, -0.25) is 4.18 Å². The van der Waals surface area contributed by atoms with E-state index < -0.39 is 33.9 Å². The zero-order chi connectivity index (χ0) is 13.2. The molecule has 0 fully saturated rings. The number of hydrogen-bond donors (Lipinski definition) is 0. The van der Waals surface area contributed by atoms with E-state index in [0.29, 0.717) is 7.11 Å². The molecule has 0 aliphatic heterocycles. The Bertz CT molecular complexity index is 362. The number of hydrogen-bond acceptors (Lipinski definition) is 5. The van der Waals surface area contributed by atoms with Gasteiger partial charge < -0.3 is 4.74 Å². The van der Waals surface area contributed by atoms with Crippen LogP contribution in [0.2, 0.25) is 0 Å². The fourth-order valence-corrected chi connectivity index (χ4v) is 1.77. The van der Waals surface area contributed by atoms with Gasteiger partial charge in [0.05, 0.1) is 13.7 Å². The molecule has 0 bridgehead atoms. The summed E-state index contributed by atoms with van der Waals surface area (Å²) in [7, 11) is -5.39. The van der Waals surface area contributed by atoms with Crippen molar-refractivity contribution in [1.82, 2.24) is 0 Å². The van der Waals surface area contributed by atoms with Crippen LogP contribution in [0.5, 0.6) is 0 Å². The number of halogens is 4. The number of carbonyl (C=O) groups is 1. The van der Waals surface area contributed by atoms with Crippen molar-refractivity contribution in [3.05, 3.63) is 0 Å². The number of esters is 1. The molecule has 16 heavy (non-hydrogen) atoms. The van der Waals surface area contributed by atoms with Gasteiger partial charge in [0.2, 0.25) is 0 Å². The number of alkyl halides is 4. The van der Waals surface area contributed by atoms with E-state index in [1.807, 2.05) is 0 Å². The molecule has 0 saturated heterocycles. The molecular weight excluding hydrogens is 260 g/mol. The predicted molar refractivity (Wildman–Crippen MR) is 42.5 cm³/mol. The van der Waals surface area contributed by atoms with Gasteiger partial charge in [0.25, 0.3) is 0 Å². The van der Waals surface area contributed by atoms with Gasteiger partial charge in [0, 0.05) is 0 Å². The molecule has 5 nitrogen and oxygen atoms in total. The summed E-state index contributed by atoms with van der Waals surface area (Å²) in [5.41, 5.74) is 0. The number of methoxy groups -OCH3 is 1. The first-order chi connectivity index (χ1) is 7.04. The van der Waals surface area contributed by atoms with E-state index in [4.69, 9.17) is 0 Å². The van der Waals surface area contributed by atoms with Crippen LogP contribution in [0.3, 0.4) is 0 Å². The van der Waals surface area contributed by atoms with Crippen LogP contribution in [-0.4, -0.2) is 39.3 Å². The van der Waals surface area contributed by atoms with Crippen molar-refractivity contribution < 1.29 is 39.7 Å². The molecule has 96 valence electrons. The Balaban J connectivity index is 5.71. The van der Waals surface area contributed by atoms with Gasteiger partial charge in [-0.2, -0.15) is 21.6 Å². The molecule has 0 rings (SSSR count). The van der Waals surface area contributed by atoms with Crippen molar-refractivity contribution in [2.75, 3.05) is 13.7 Å². The lowest BCUT2D eigenvalue weighted by molar-refractivity contribution is -0.213. The van der Waals surface area contributed by atoms with Crippen molar-refractivity contribution in [3.8, 4) is 0 Å². The van der Waals surface area contributed by atoms with Crippen LogP contribution in [0.15, 0.2) is 0 Å². The average molecular weight is 268 g/mol. The van der Waals surface area contributed by atoms with Gasteiger partial charge >= 0.3 is 27.3 Å². The lowest BCUT2D eigenvalue weighted by atomic mass is 10.4. The van der Waals surface area contributed by atoms with Crippen molar-refractivity contribution in [2.45, 2.75) is 18.1 Å². The molecule has 0 spiro atoms. The van der Waals surface area contributed by atoms with Crippen LogP contribution < -0.4 is 0 Å². The van der Waals surface area contributed by atoms with E-state index in [9.17, 15) is 30.8 Å². The summed E-state index contributed by atoms with van der Waals surface area (Å²) in [4.78, 5) is 10.6. The second-order valence-corrected chi connectivity index (χ2v) is 4.15. The zero-order valence-corrected chi connectivity index (χ0v) is 8.98. The number of carbonyl (C=O) groups excluding carboxylic acids is 1. The first-order valence-corrected chi connectivity index (χ1v) is 5.18. The Hall–Kier alpha value is -0.900. The third kappa shape index (κ3) is 2.26. The molecule has 0 aromatic rings. The minimum Gasteiger partial charge on any atom is -0.466 e. The molecule has 0 aliphatic rings. The van der Waals surface area contributed by atoms with Gasteiger partial charge in [0.1, 0.15) is 0 Å². The summed E-state index contributed by atoms with van der Waals surface area (Å²) >= 11 is 0. The minimum atomic E-state index is -5.99. The van der Waals surface area contributed by atoms with Crippen molar-refractivity contribution >= 4 is 16.1 Å². The Labute approximate surface area is 88.4 Å². The highest BCUT2D eigenvalue weighted by Crippen LogP contribution is 2.40. The highest BCUT2D eigenvalue weighted by Gasteiger charge is 2.73. The zero-order valence-electron chi connectivity index (χ0n) is 8.17. The molecule has 0 amide bonds. The third-order valence-corrected chi connectivity index (χ3v) is 3.06. The molecule has 0 aliphatic carbocycles. The van der Waals surface area contributed by atoms with E-state index in [2.05, 4.69) is 8.92 Å². The van der Waals surface area contributed by atoms with Gasteiger partial charge in [-0.05, 0) is 6.92 Å². The molecule has 0 saturated carbocycles. The summed E-state index contributed by atoms with van der Waals surface area (Å²) in [5, 5.41) is -5.22. The molecular formula is C6H8F4O5S. The van der Waals surface area contributed by atoms with E-state index in [0.717, 1.165) is 6.92 Å². The quantitative estimate of drug-likeness (QED) is 0.427. The Morgan fingerprint density at radius 2 is 1.69 bits per heavy atom. The highest BCUT2D eigenvalue weighted by atomic mass is 32.2. The SMILES string of the molecule is CCOS(=O)(=O)C(F)(C(=O)OC)C(F)(F)F. The molecule has 10 heteroatoms. The molecule has 0 aromatic carbocycles. The van der Waals surface area contributed by atoms with Crippen LogP contribution in [0, 0.1) is 0 Å². The molecule has 1 unspecified atom stereocenters. The largest absolute Gasteiger partial charge is 0.466 e. The first kappa shape index (κ1) is 15.1. The molecule has 0 aromatic heterocycles. The summed E-state index contributed by atoms with van der Waals surface area (Å²) in [6.07, 6.45) is -5.99. The Morgan fingerprint density at radius 3 is 1.94 bits per heavy atom. The lowest BCUT2D eigenvalue weighted by Gasteiger charge is -2.23. The fraction of sp³-hybridized carbons (Fsp3) is 0.833. The molecule has 0 heterocycles. The Kier molecular flexibility index (Phi) is 4.28. The second-order valence-electron chi connectivity index (χ2n) is 2.45. The summed E-state index contributed by atoms with van der Waals surface area (Å²) in [6.45, 7) is 0.271. The van der Waals surface area contributed by atoms with E-state index >= 15 is 0 Å². The fourth-order valence-electron chi connectivity index (χ4n) is 0.727. The molecule has 1 atom stereocenters. The number of ether oxygens (including phenoxy) is 1. The Morgan fingerprint density at radius 1 is 1.25 bits per heavy atom. The van der Waals surface area contributed by atoms with E-state index in [1.165, 1.54) is 0 Å². The van der Waals surface area contributed by atoms with Crippen LogP contribution >= 0.6 is 0 Å². The molecule has 0 radical (unpaired) electrons. The standard InChI is InChI=1S/C6H8F4O5S/c1-3-15-16(12,13)5(7,4(11)14-2)6(8,9)10/h3H2,1-2H3. The third-order valence-electron chi connectivity index (χ3n) is 1.43. The highest BCUT2D eigenvalue weighted by molar-refractivity contribution is 7.88. The van der Waals surface area contributed by atoms with Gasteiger partial charge in [0.15, 0.2) is 0 Å². The average Bonchev–Trinajstić information content (AvgIpc) is 2.13. The van der Waals surface area contributed by atoms with E-state index in [1.54, 1.807) is 0 Å². The topological polar surface area (TPSA) is 69.7 Å². The van der Waals surface area contributed by atoms with Crippen LogP contribution in [0.4, 0.5) is 17.6 Å². The normalized spacial score (nSPS) is 16.6.